The summed E-state index contributed by atoms with van der Waals surface area (Å²) in [5.74, 6) is -1.46. The first-order valence-electron chi connectivity index (χ1n) is 14.6. The molecule has 0 aromatic heterocycles. The Hall–Kier alpha value is -4.17. The molecule has 0 aliphatic carbocycles. The molecule has 0 fully saturated rings. The number of carbonyl (C=O) groups is 4. The van der Waals surface area contributed by atoms with Crippen molar-refractivity contribution in [3.63, 3.8) is 0 Å². The molecule has 1 aliphatic rings. The van der Waals surface area contributed by atoms with E-state index in [4.69, 9.17) is 14.2 Å². The van der Waals surface area contributed by atoms with Crippen LogP contribution in [0.2, 0.25) is 0 Å². The molecule has 14 heteroatoms. The van der Waals surface area contributed by atoms with Gasteiger partial charge in [-0.2, -0.15) is 0 Å². The van der Waals surface area contributed by atoms with Crippen molar-refractivity contribution in [1.82, 2.24) is 15.5 Å². The summed E-state index contributed by atoms with van der Waals surface area (Å²) in [6.07, 6.45) is 2.16. The van der Waals surface area contributed by atoms with E-state index in [2.05, 4.69) is 10.6 Å². The van der Waals surface area contributed by atoms with Gasteiger partial charge in [0.05, 0.1) is 30.5 Å². The predicted octanol–water partition coefficient (Wildman–Crippen LogP) is 1.37. The zero-order valence-corrected chi connectivity index (χ0v) is 27.0. The van der Waals surface area contributed by atoms with Gasteiger partial charge in [0.25, 0.3) is 11.8 Å². The van der Waals surface area contributed by atoms with Gasteiger partial charge in [-0.15, -0.1) is 0 Å². The molecular weight excluding hydrogens is 604 g/mol. The summed E-state index contributed by atoms with van der Waals surface area (Å²) in [5.41, 5.74) is 0.187. The van der Waals surface area contributed by atoms with Gasteiger partial charge < -0.3 is 29.7 Å². The van der Waals surface area contributed by atoms with Crippen molar-refractivity contribution in [2.45, 2.75) is 26.2 Å². The minimum absolute atomic E-state index is 0.00463. The second-order valence-electron chi connectivity index (χ2n) is 10.8. The Bertz CT molecular complexity index is 1450. The summed E-state index contributed by atoms with van der Waals surface area (Å²) in [7, 11) is -0.537. The van der Waals surface area contributed by atoms with Crippen molar-refractivity contribution in [3.05, 3.63) is 59.7 Å². The van der Waals surface area contributed by atoms with Crippen molar-refractivity contribution < 1.29 is 41.8 Å². The van der Waals surface area contributed by atoms with E-state index in [0.717, 1.165) is 16.1 Å². The van der Waals surface area contributed by atoms with E-state index >= 15 is 0 Å². The molecule has 13 nitrogen and oxygen atoms in total. The second kappa shape index (κ2) is 16.2. The molecule has 0 saturated heterocycles. The van der Waals surface area contributed by atoms with Crippen LogP contribution in [0, 0.1) is 5.41 Å². The molecule has 3 amide bonds. The van der Waals surface area contributed by atoms with Gasteiger partial charge in [-0.25, -0.2) is 8.42 Å². The molecule has 45 heavy (non-hydrogen) atoms. The molecule has 0 spiro atoms. The Morgan fingerprint density at radius 2 is 1.82 bits per heavy atom. The van der Waals surface area contributed by atoms with Gasteiger partial charge in [-0.1, -0.05) is 12.1 Å². The van der Waals surface area contributed by atoms with Crippen LogP contribution in [0.25, 0.3) is 0 Å². The number of carbonyl (C=O) groups excluding carboxylic acids is 4. The Balaban J connectivity index is 1.92. The summed E-state index contributed by atoms with van der Waals surface area (Å²) in [5, 5.41) is 5.55. The molecule has 1 atom stereocenters. The Morgan fingerprint density at radius 3 is 2.49 bits per heavy atom. The number of rotatable bonds is 9. The third kappa shape index (κ3) is 10.2. The molecule has 246 valence electrons. The fraction of sp³-hybridized carbons (Fsp3) is 0.484. The van der Waals surface area contributed by atoms with Crippen LogP contribution in [0.4, 0.5) is 5.69 Å². The molecule has 1 heterocycles. The highest BCUT2D eigenvalue weighted by Crippen LogP contribution is 2.32. The Kier molecular flexibility index (Phi) is 12.7. The van der Waals surface area contributed by atoms with Gasteiger partial charge in [0, 0.05) is 46.0 Å². The molecule has 1 unspecified atom stereocenters. The Labute approximate surface area is 264 Å². The minimum atomic E-state index is -3.50. The number of benzene rings is 2. The van der Waals surface area contributed by atoms with Crippen molar-refractivity contribution in [2.75, 3.05) is 70.7 Å². The van der Waals surface area contributed by atoms with E-state index in [1.54, 1.807) is 32.2 Å². The number of nitrogens with zero attached hydrogens (tertiary/aromatic N) is 2. The van der Waals surface area contributed by atoms with E-state index in [9.17, 15) is 27.6 Å². The smallest absolute Gasteiger partial charge is 0.314 e. The lowest BCUT2D eigenvalue weighted by Gasteiger charge is -2.32. The molecule has 2 N–H and O–H groups in total. The van der Waals surface area contributed by atoms with Gasteiger partial charge in [0.2, 0.25) is 15.9 Å². The Morgan fingerprint density at radius 1 is 1.09 bits per heavy atom. The van der Waals surface area contributed by atoms with Crippen LogP contribution in [-0.2, 0) is 40.3 Å². The minimum Gasteiger partial charge on any atom is -0.484 e. The number of hydrogen-bond donors (Lipinski definition) is 2. The number of fused-ring (bicyclic) bond motifs is 2. The summed E-state index contributed by atoms with van der Waals surface area (Å²) >= 11 is 0. The number of hydrogen-bond acceptors (Lipinski definition) is 9. The SMILES string of the molecule is CCOC(=O)C1(CCCOC)CNC(=O)CN(C(=O)c2ccc(N(C)S(C)(=O)=O)cc2)CCNC(=O)COc2cccc(c2)C1. The van der Waals surface area contributed by atoms with E-state index in [0.29, 0.717) is 30.9 Å². The topological polar surface area (TPSA) is 161 Å². The maximum Gasteiger partial charge on any atom is 0.314 e. The third-order valence-corrected chi connectivity index (χ3v) is 8.65. The normalized spacial score (nSPS) is 18.3. The van der Waals surface area contributed by atoms with Crippen LogP contribution < -0.4 is 19.7 Å². The first-order valence-corrected chi connectivity index (χ1v) is 16.5. The van der Waals surface area contributed by atoms with Crippen molar-refractivity contribution in [3.8, 4) is 5.75 Å². The first kappa shape index (κ1) is 35.3. The lowest BCUT2D eigenvalue weighted by molar-refractivity contribution is -0.156. The first-order chi connectivity index (χ1) is 21.4. The number of nitrogens with one attached hydrogen (secondary N) is 2. The van der Waals surface area contributed by atoms with Crippen molar-refractivity contribution >= 4 is 39.4 Å². The monoisotopic (exact) mass is 646 g/mol. The summed E-state index contributed by atoms with van der Waals surface area (Å²) in [4.78, 5) is 54.2. The summed E-state index contributed by atoms with van der Waals surface area (Å²) in [6.45, 7) is 1.61. The summed E-state index contributed by atoms with van der Waals surface area (Å²) < 4.78 is 41.3. The molecule has 2 aromatic carbocycles. The second-order valence-corrected chi connectivity index (χ2v) is 12.9. The number of esters is 1. The van der Waals surface area contributed by atoms with Crippen molar-refractivity contribution in [1.29, 1.82) is 0 Å². The highest BCUT2D eigenvalue weighted by atomic mass is 32.2. The fourth-order valence-electron chi connectivity index (χ4n) is 4.93. The van der Waals surface area contributed by atoms with Crippen LogP contribution >= 0.6 is 0 Å². The number of methoxy groups -OCH3 is 1. The summed E-state index contributed by atoms with van der Waals surface area (Å²) in [6, 6.07) is 13.0. The van der Waals surface area contributed by atoms with Crippen molar-refractivity contribution in [2.24, 2.45) is 5.41 Å². The third-order valence-electron chi connectivity index (χ3n) is 7.45. The van der Waals surface area contributed by atoms with Gasteiger partial charge in [-0.05, 0) is 68.1 Å². The predicted molar refractivity (Wildman–Crippen MR) is 167 cm³/mol. The lowest BCUT2D eigenvalue weighted by Crippen LogP contribution is -2.49. The standard InChI is InChI=1S/C31H42N4O9S/c1-5-43-30(39)31(14-7-17-42-3)19-23-8-6-9-26(18-23)44-21-28(37)32-15-16-35(20-27(36)33-22-31)29(38)24-10-12-25(13-11-24)34(2)45(4,40)41/h6,8-13,18H,5,7,14-17,19-22H2,1-4H3,(H,32,37)(H,33,36). The molecule has 0 radical (unpaired) electrons. The molecule has 2 bridgehead atoms. The number of ether oxygens (including phenoxy) is 3. The molecular formula is C31H42N4O9S. The maximum absolute atomic E-state index is 13.5. The van der Waals surface area contributed by atoms with Crippen LogP contribution in [-0.4, -0.2) is 103 Å². The van der Waals surface area contributed by atoms with Crippen LogP contribution in [0.3, 0.4) is 0 Å². The maximum atomic E-state index is 13.5. The van der Waals surface area contributed by atoms with E-state index < -0.39 is 39.1 Å². The highest BCUT2D eigenvalue weighted by molar-refractivity contribution is 7.92. The molecule has 0 saturated carbocycles. The fourth-order valence-corrected chi connectivity index (χ4v) is 5.43. The van der Waals surface area contributed by atoms with Gasteiger partial charge in [0.1, 0.15) is 5.75 Å². The zero-order valence-electron chi connectivity index (χ0n) is 26.2. The average molecular weight is 647 g/mol. The van der Waals surface area contributed by atoms with Crippen LogP contribution in [0.1, 0.15) is 35.7 Å². The van der Waals surface area contributed by atoms with E-state index in [1.807, 2.05) is 6.07 Å². The van der Waals surface area contributed by atoms with Crippen LogP contribution in [0.15, 0.2) is 48.5 Å². The molecule has 1 aliphatic heterocycles. The van der Waals surface area contributed by atoms with Gasteiger partial charge >= 0.3 is 5.97 Å². The van der Waals surface area contributed by atoms with Gasteiger partial charge in [-0.3, -0.25) is 23.5 Å². The quantitative estimate of drug-likeness (QED) is 0.303. The number of anilines is 1. The number of sulfonamides is 1. The van der Waals surface area contributed by atoms with Gasteiger partial charge in [0.15, 0.2) is 6.61 Å². The van der Waals surface area contributed by atoms with E-state index in [-0.39, 0.29) is 51.4 Å². The molecule has 2 aromatic rings. The van der Waals surface area contributed by atoms with E-state index in [1.165, 1.54) is 36.2 Å². The lowest BCUT2D eigenvalue weighted by atomic mass is 9.77. The average Bonchev–Trinajstić information content (AvgIpc) is 3.01. The molecule has 3 rings (SSSR count). The number of amides is 3. The highest BCUT2D eigenvalue weighted by Gasteiger charge is 2.40. The zero-order chi connectivity index (χ0) is 33.0. The van der Waals surface area contributed by atoms with Crippen LogP contribution in [0.5, 0.6) is 5.75 Å². The largest absolute Gasteiger partial charge is 0.484 e.